The lowest BCUT2D eigenvalue weighted by Crippen LogP contribution is -1.86. The molecule has 0 radical (unpaired) electrons. The summed E-state index contributed by atoms with van der Waals surface area (Å²) in [6.07, 6.45) is 5.59. The lowest BCUT2D eigenvalue weighted by Gasteiger charge is -1.93. The standard InChI is InChI=1S/C8H9BrN2/c9-4-1-2-8-6-7(10)3-5-11-8/h1-3,5-6H,4H2,(H2,10,11). The molecule has 0 fully saturated rings. The van der Waals surface area contributed by atoms with Gasteiger partial charge in [-0.1, -0.05) is 22.0 Å². The predicted molar refractivity (Wildman–Crippen MR) is 51.5 cm³/mol. The van der Waals surface area contributed by atoms with Gasteiger partial charge in [0.2, 0.25) is 0 Å². The molecule has 0 aliphatic carbocycles. The first-order valence-corrected chi connectivity index (χ1v) is 4.39. The Kier molecular flexibility index (Phi) is 3.11. The Labute approximate surface area is 74.3 Å². The molecule has 0 aliphatic rings. The number of hydrogen-bond acceptors (Lipinski definition) is 2. The Morgan fingerprint density at radius 3 is 3.09 bits per heavy atom. The summed E-state index contributed by atoms with van der Waals surface area (Å²) in [6, 6.07) is 3.60. The number of nitrogens with zero attached hydrogens (tertiary/aromatic N) is 1. The van der Waals surface area contributed by atoms with E-state index in [-0.39, 0.29) is 0 Å². The number of aromatic nitrogens is 1. The average Bonchev–Trinajstić information content (AvgIpc) is 2.01. The van der Waals surface area contributed by atoms with E-state index in [0.29, 0.717) is 0 Å². The molecule has 0 aliphatic heterocycles. The molecular formula is C8H9BrN2. The van der Waals surface area contributed by atoms with Crippen LogP contribution in [0, 0.1) is 0 Å². The summed E-state index contributed by atoms with van der Waals surface area (Å²) >= 11 is 3.28. The van der Waals surface area contributed by atoms with Crippen molar-refractivity contribution in [2.24, 2.45) is 0 Å². The van der Waals surface area contributed by atoms with E-state index >= 15 is 0 Å². The first-order chi connectivity index (χ1) is 5.33. The van der Waals surface area contributed by atoms with Crippen molar-refractivity contribution in [1.29, 1.82) is 0 Å². The van der Waals surface area contributed by atoms with Crippen molar-refractivity contribution < 1.29 is 0 Å². The smallest absolute Gasteiger partial charge is 0.0647 e. The van der Waals surface area contributed by atoms with Crippen LogP contribution in [0.2, 0.25) is 0 Å². The summed E-state index contributed by atoms with van der Waals surface area (Å²) in [7, 11) is 0. The van der Waals surface area contributed by atoms with Crippen LogP contribution in [-0.4, -0.2) is 10.3 Å². The molecule has 0 unspecified atom stereocenters. The van der Waals surface area contributed by atoms with Crippen molar-refractivity contribution in [3.8, 4) is 0 Å². The molecule has 58 valence electrons. The molecule has 11 heavy (non-hydrogen) atoms. The molecule has 0 aromatic carbocycles. The highest BCUT2D eigenvalue weighted by Gasteiger charge is 1.87. The second kappa shape index (κ2) is 4.13. The molecule has 1 rings (SSSR count). The number of anilines is 1. The molecule has 0 saturated heterocycles. The second-order valence-electron chi connectivity index (χ2n) is 2.07. The fourth-order valence-corrected chi connectivity index (χ4v) is 0.909. The second-order valence-corrected chi connectivity index (χ2v) is 2.72. The number of hydrogen-bond donors (Lipinski definition) is 1. The summed E-state index contributed by atoms with van der Waals surface area (Å²) in [5, 5.41) is 0.837. The van der Waals surface area contributed by atoms with E-state index in [2.05, 4.69) is 20.9 Å². The van der Waals surface area contributed by atoms with Crippen molar-refractivity contribution in [3.63, 3.8) is 0 Å². The van der Waals surface area contributed by atoms with Gasteiger partial charge in [-0.15, -0.1) is 0 Å². The summed E-state index contributed by atoms with van der Waals surface area (Å²) < 4.78 is 0. The third-order valence-corrected chi connectivity index (χ3v) is 1.56. The van der Waals surface area contributed by atoms with Crippen LogP contribution in [0.5, 0.6) is 0 Å². The Morgan fingerprint density at radius 1 is 1.64 bits per heavy atom. The lowest BCUT2D eigenvalue weighted by molar-refractivity contribution is 1.30. The van der Waals surface area contributed by atoms with Crippen molar-refractivity contribution in [3.05, 3.63) is 30.1 Å². The molecule has 0 bridgehead atoms. The Bertz CT molecular complexity index is 258. The van der Waals surface area contributed by atoms with E-state index in [1.165, 1.54) is 0 Å². The number of pyridine rings is 1. The van der Waals surface area contributed by atoms with Gasteiger partial charge in [-0.2, -0.15) is 0 Å². The summed E-state index contributed by atoms with van der Waals surface area (Å²) in [5.41, 5.74) is 7.18. The topological polar surface area (TPSA) is 38.9 Å². The van der Waals surface area contributed by atoms with Crippen LogP contribution in [0.3, 0.4) is 0 Å². The normalized spacial score (nSPS) is 10.6. The molecule has 2 nitrogen and oxygen atoms in total. The molecule has 1 aromatic heterocycles. The molecule has 0 saturated carbocycles. The summed E-state index contributed by atoms with van der Waals surface area (Å²) in [4.78, 5) is 4.09. The maximum Gasteiger partial charge on any atom is 0.0647 e. The lowest BCUT2D eigenvalue weighted by atomic mass is 10.3. The Morgan fingerprint density at radius 2 is 2.45 bits per heavy atom. The highest BCUT2D eigenvalue weighted by molar-refractivity contribution is 9.09. The van der Waals surface area contributed by atoms with Gasteiger partial charge in [0.1, 0.15) is 0 Å². The predicted octanol–water partition coefficient (Wildman–Crippen LogP) is 2.07. The van der Waals surface area contributed by atoms with Gasteiger partial charge >= 0.3 is 0 Å². The minimum Gasteiger partial charge on any atom is -0.399 e. The number of nitrogen functional groups attached to an aromatic ring is 1. The van der Waals surface area contributed by atoms with Crippen molar-refractivity contribution >= 4 is 27.7 Å². The number of alkyl halides is 1. The van der Waals surface area contributed by atoms with Crippen LogP contribution >= 0.6 is 15.9 Å². The van der Waals surface area contributed by atoms with E-state index in [0.717, 1.165) is 16.7 Å². The van der Waals surface area contributed by atoms with Gasteiger partial charge in [0, 0.05) is 17.2 Å². The molecular weight excluding hydrogens is 204 g/mol. The fraction of sp³-hybridized carbons (Fsp3) is 0.125. The highest BCUT2D eigenvalue weighted by Crippen LogP contribution is 2.04. The van der Waals surface area contributed by atoms with Crippen LogP contribution in [-0.2, 0) is 0 Å². The van der Waals surface area contributed by atoms with Gasteiger partial charge in [0.05, 0.1) is 5.69 Å². The molecule has 1 aromatic rings. The average molecular weight is 213 g/mol. The Balaban J connectivity index is 2.79. The van der Waals surface area contributed by atoms with E-state index in [1.54, 1.807) is 12.3 Å². The maximum atomic E-state index is 5.54. The molecule has 3 heteroatoms. The van der Waals surface area contributed by atoms with Gasteiger partial charge in [0.15, 0.2) is 0 Å². The summed E-state index contributed by atoms with van der Waals surface area (Å²) in [5.74, 6) is 0. The van der Waals surface area contributed by atoms with E-state index in [1.807, 2.05) is 18.2 Å². The highest BCUT2D eigenvalue weighted by atomic mass is 79.9. The number of rotatable bonds is 2. The first kappa shape index (κ1) is 8.27. The molecule has 2 N–H and O–H groups in total. The minimum absolute atomic E-state index is 0.745. The SMILES string of the molecule is Nc1ccnc(C=CCBr)c1. The summed E-state index contributed by atoms with van der Waals surface area (Å²) in [6.45, 7) is 0. The number of allylic oxidation sites excluding steroid dienone is 1. The van der Waals surface area contributed by atoms with Gasteiger partial charge in [-0.05, 0) is 18.2 Å². The van der Waals surface area contributed by atoms with Crippen LogP contribution in [0.1, 0.15) is 5.69 Å². The van der Waals surface area contributed by atoms with E-state index in [4.69, 9.17) is 5.73 Å². The quantitative estimate of drug-likeness (QED) is 0.763. The van der Waals surface area contributed by atoms with Gasteiger partial charge in [0.25, 0.3) is 0 Å². The van der Waals surface area contributed by atoms with Crippen LogP contribution in [0.4, 0.5) is 5.69 Å². The molecule has 0 atom stereocenters. The number of halogens is 1. The third-order valence-electron chi connectivity index (χ3n) is 1.18. The van der Waals surface area contributed by atoms with Crippen LogP contribution in [0.15, 0.2) is 24.4 Å². The third kappa shape index (κ3) is 2.72. The first-order valence-electron chi connectivity index (χ1n) is 3.27. The van der Waals surface area contributed by atoms with Crippen LogP contribution in [0.25, 0.3) is 6.08 Å². The zero-order chi connectivity index (χ0) is 8.10. The van der Waals surface area contributed by atoms with Crippen molar-refractivity contribution in [2.75, 3.05) is 11.1 Å². The van der Waals surface area contributed by atoms with Gasteiger partial charge in [-0.3, -0.25) is 4.98 Å². The minimum atomic E-state index is 0.745. The molecule has 0 amide bonds. The van der Waals surface area contributed by atoms with Crippen molar-refractivity contribution in [1.82, 2.24) is 4.98 Å². The van der Waals surface area contributed by atoms with E-state index < -0.39 is 0 Å². The number of nitrogens with two attached hydrogens (primary N) is 1. The van der Waals surface area contributed by atoms with Crippen molar-refractivity contribution in [2.45, 2.75) is 0 Å². The van der Waals surface area contributed by atoms with E-state index in [9.17, 15) is 0 Å². The maximum absolute atomic E-state index is 5.54. The monoisotopic (exact) mass is 212 g/mol. The molecule has 1 heterocycles. The van der Waals surface area contributed by atoms with Gasteiger partial charge < -0.3 is 5.73 Å². The zero-order valence-electron chi connectivity index (χ0n) is 6.00. The Hall–Kier alpha value is -0.830. The zero-order valence-corrected chi connectivity index (χ0v) is 7.58. The van der Waals surface area contributed by atoms with Crippen LogP contribution < -0.4 is 5.73 Å². The largest absolute Gasteiger partial charge is 0.399 e. The van der Waals surface area contributed by atoms with Gasteiger partial charge in [-0.25, -0.2) is 0 Å². The molecule has 0 spiro atoms. The fourth-order valence-electron chi connectivity index (χ4n) is 0.722.